The summed E-state index contributed by atoms with van der Waals surface area (Å²) < 4.78 is 5.15. The zero-order valence-electron chi connectivity index (χ0n) is 7.62. The number of nitrogens with zero attached hydrogens (tertiary/aromatic N) is 1. The van der Waals surface area contributed by atoms with Crippen LogP contribution in [0, 0.1) is 0 Å². The zero-order chi connectivity index (χ0) is 9.14. The largest absolute Gasteiger partial charge is 0.444 e. The van der Waals surface area contributed by atoms with E-state index in [2.05, 4.69) is 0 Å². The topological polar surface area (TPSA) is 55.6 Å². The van der Waals surface area contributed by atoms with Crippen LogP contribution in [0.4, 0.5) is 4.79 Å². The molecule has 0 spiro atoms. The minimum Gasteiger partial charge on any atom is -0.444 e. The van der Waals surface area contributed by atoms with Gasteiger partial charge in [-0.05, 0) is 19.3 Å². The molecule has 4 nitrogen and oxygen atoms in total. The molecule has 0 saturated heterocycles. The number of nitrogens with two attached hydrogens (primary N) is 1. The van der Waals surface area contributed by atoms with E-state index in [1.165, 1.54) is 4.90 Å². The Morgan fingerprint density at radius 2 is 2.17 bits per heavy atom. The molecule has 1 amide bonds. The Hall–Kier alpha value is -0.770. The zero-order valence-corrected chi connectivity index (χ0v) is 7.62. The Bertz CT molecular complexity index is 170. The average molecular weight is 172 g/mol. The lowest BCUT2D eigenvalue weighted by atomic mass is 10.2. The predicted octanol–water partition coefficient (Wildman–Crippen LogP) is 0.564. The molecule has 2 atom stereocenters. The van der Waals surface area contributed by atoms with Gasteiger partial charge in [-0.1, -0.05) is 0 Å². The van der Waals surface area contributed by atoms with Crippen molar-refractivity contribution in [3.8, 4) is 0 Å². The van der Waals surface area contributed by atoms with Crippen molar-refractivity contribution in [2.75, 3.05) is 14.1 Å². The number of amides is 1. The Kier molecular flexibility index (Phi) is 2.92. The second-order valence-corrected chi connectivity index (χ2v) is 3.41. The second-order valence-electron chi connectivity index (χ2n) is 3.41. The van der Waals surface area contributed by atoms with E-state index in [9.17, 15) is 4.79 Å². The monoisotopic (exact) mass is 172 g/mol. The van der Waals surface area contributed by atoms with Gasteiger partial charge in [-0.25, -0.2) is 4.79 Å². The molecule has 0 aliphatic heterocycles. The van der Waals surface area contributed by atoms with Gasteiger partial charge in [0.2, 0.25) is 0 Å². The average Bonchev–Trinajstić information content (AvgIpc) is 2.36. The van der Waals surface area contributed by atoms with Crippen molar-refractivity contribution in [1.29, 1.82) is 0 Å². The molecule has 1 aliphatic carbocycles. The maximum atomic E-state index is 11.1. The molecule has 1 saturated carbocycles. The van der Waals surface area contributed by atoms with Crippen LogP contribution in [0.1, 0.15) is 19.3 Å². The first-order chi connectivity index (χ1) is 5.61. The summed E-state index contributed by atoms with van der Waals surface area (Å²) >= 11 is 0. The fourth-order valence-corrected chi connectivity index (χ4v) is 1.34. The summed E-state index contributed by atoms with van der Waals surface area (Å²) in [6.07, 6.45) is 2.57. The molecule has 0 radical (unpaired) electrons. The fraction of sp³-hybridized carbons (Fsp3) is 0.875. The highest BCUT2D eigenvalue weighted by molar-refractivity contribution is 5.67. The van der Waals surface area contributed by atoms with Crippen LogP contribution in [0.2, 0.25) is 0 Å². The van der Waals surface area contributed by atoms with E-state index in [1.54, 1.807) is 14.1 Å². The third-order valence-corrected chi connectivity index (χ3v) is 2.12. The van der Waals surface area contributed by atoms with Gasteiger partial charge in [0.15, 0.2) is 0 Å². The highest BCUT2D eigenvalue weighted by atomic mass is 16.6. The number of carbonyl (C=O) groups excluding carboxylic acids is 1. The molecule has 0 unspecified atom stereocenters. The molecule has 4 heteroatoms. The summed E-state index contributed by atoms with van der Waals surface area (Å²) in [6.45, 7) is 0. The second kappa shape index (κ2) is 3.76. The van der Waals surface area contributed by atoms with Crippen molar-refractivity contribution in [2.24, 2.45) is 5.73 Å². The van der Waals surface area contributed by atoms with Gasteiger partial charge in [-0.2, -0.15) is 0 Å². The van der Waals surface area contributed by atoms with Gasteiger partial charge in [0.1, 0.15) is 6.10 Å². The van der Waals surface area contributed by atoms with Gasteiger partial charge in [-0.3, -0.25) is 0 Å². The molecule has 2 N–H and O–H groups in total. The quantitative estimate of drug-likeness (QED) is 0.629. The molecule has 12 heavy (non-hydrogen) atoms. The molecule has 0 heterocycles. The van der Waals surface area contributed by atoms with E-state index in [-0.39, 0.29) is 18.2 Å². The van der Waals surface area contributed by atoms with Crippen LogP contribution in [0.15, 0.2) is 0 Å². The van der Waals surface area contributed by atoms with Crippen molar-refractivity contribution in [1.82, 2.24) is 4.90 Å². The summed E-state index contributed by atoms with van der Waals surface area (Å²) in [5.41, 5.74) is 5.73. The summed E-state index contributed by atoms with van der Waals surface area (Å²) in [5.74, 6) is 0. The molecular weight excluding hydrogens is 156 g/mol. The standard InChI is InChI=1S/C8H16N2O2/c1-10(2)8(11)12-7-5-3-4-6(7)9/h6-7H,3-5,9H2,1-2H3/t6-,7-/m1/s1. The molecule has 1 rings (SSSR count). The van der Waals surface area contributed by atoms with E-state index in [1.807, 2.05) is 0 Å². The third kappa shape index (κ3) is 2.11. The van der Waals surface area contributed by atoms with Crippen molar-refractivity contribution in [3.05, 3.63) is 0 Å². The van der Waals surface area contributed by atoms with E-state index < -0.39 is 0 Å². The third-order valence-electron chi connectivity index (χ3n) is 2.12. The van der Waals surface area contributed by atoms with Gasteiger partial charge in [0, 0.05) is 20.1 Å². The van der Waals surface area contributed by atoms with Crippen LogP contribution in [-0.4, -0.2) is 37.2 Å². The minimum absolute atomic E-state index is 0.0360. The molecule has 0 aromatic rings. The van der Waals surface area contributed by atoms with Gasteiger partial charge < -0.3 is 15.4 Å². The van der Waals surface area contributed by atoms with Crippen LogP contribution >= 0.6 is 0 Å². The smallest absolute Gasteiger partial charge is 0.409 e. The van der Waals surface area contributed by atoms with Crippen LogP contribution in [-0.2, 0) is 4.74 Å². The lowest BCUT2D eigenvalue weighted by Gasteiger charge is -2.19. The SMILES string of the molecule is CN(C)C(=O)O[C@@H]1CCC[C@H]1N. The first kappa shape index (κ1) is 9.32. The normalized spacial score (nSPS) is 28.6. The Labute approximate surface area is 72.7 Å². The van der Waals surface area contributed by atoms with Gasteiger partial charge in [0.25, 0.3) is 0 Å². The fourth-order valence-electron chi connectivity index (χ4n) is 1.34. The van der Waals surface area contributed by atoms with E-state index in [0.29, 0.717) is 0 Å². The van der Waals surface area contributed by atoms with Gasteiger partial charge in [-0.15, -0.1) is 0 Å². The lowest BCUT2D eigenvalue weighted by Crippen LogP contribution is -2.36. The number of carbonyl (C=O) groups is 1. The van der Waals surface area contributed by atoms with Crippen molar-refractivity contribution in [2.45, 2.75) is 31.4 Å². The van der Waals surface area contributed by atoms with Crippen molar-refractivity contribution in [3.63, 3.8) is 0 Å². The number of hydrogen-bond donors (Lipinski definition) is 1. The molecule has 0 bridgehead atoms. The summed E-state index contributed by atoms with van der Waals surface area (Å²) in [5, 5.41) is 0. The maximum Gasteiger partial charge on any atom is 0.409 e. The molecule has 0 aromatic carbocycles. The molecule has 1 aliphatic rings. The molecule has 1 fully saturated rings. The highest BCUT2D eigenvalue weighted by Gasteiger charge is 2.27. The van der Waals surface area contributed by atoms with Crippen LogP contribution in [0.25, 0.3) is 0 Å². The molecule has 70 valence electrons. The van der Waals surface area contributed by atoms with E-state index >= 15 is 0 Å². The summed E-state index contributed by atoms with van der Waals surface area (Å²) in [4.78, 5) is 12.5. The van der Waals surface area contributed by atoms with Crippen LogP contribution in [0.3, 0.4) is 0 Å². The molecular formula is C8H16N2O2. The number of ether oxygens (including phenoxy) is 1. The summed E-state index contributed by atoms with van der Waals surface area (Å²) in [7, 11) is 3.34. The number of hydrogen-bond acceptors (Lipinski definition) is 3. The predicted molar refractivity (Wildman–Crippen MR) is 45.8 cm³/mol. The highest BCUT2D eigenvalue weighted by Crippen LogP contribution is 2.20. The Morgan fingerprint density at radius 1 is 1.50 bits per heavy atom. The minimum atomic E-state index is -0.294. The number of rotatable bonds is 1. The van der Waals surface area contributed by atoms with Crippen molar-refractivity contribution >= 4 is 6.09 Å². The first-order valence-corrected chi connectivity index (χ1v) is 4.25. The lowest BCUT2D eigenvalue weighted by molar-refractivity contribution is 0.0706. The Balaban J connectivity index is 2.35. The molecule has 0 aromatic heterocycles. The summed E-state index contributed by atoms with van der Waals surface area (Å²) in [6, 6.07) is 0.0360. The van der Waals surface area contributed by atoms with Gasteiger partial charge >= 0.3 is 6.09 Å². The van der Waals surface area contributed by atoms with E-state index in [4.69, 9.17) is 10.5 Å². The van der Waals surface area contributed by atoms with Gasteiger partial charge in [0.05, 0.1) is 0 Å². The van der Waals surface area contributed by atoms with Crippen LogP contribution in [0.5, 0.6) is 0 Å². The van der Waals surface area contributed by atoms with Crippen molar-refractivity contribution < 1.29 is 9.53 Å². The maximum absolute atomic E-state index is 11.1. The first-order valence-electron chi connectivity index (χ1n) is 4.25. The van der Waals surface area contributed by atoms with Crippen LogP contribution < -0.4 is 5.73 Å². The van der Waals surface area contributed by atoms with E-state index in [0.717, 1.165) is 19.3 Å². The Morgan fingerprint density at radius 3 is 2.58 bits per heavy atom.